The molecule has 2 aliphatic rings. The molecule has 2 aromatic heterocycles. The average molecular weight is 474 g/mol. The van der Waals surface area contributed by atoms with Gasteiger partial charge in [-0.15, -0.1) is 0 Å². The minimum Gasteiger partial charge on any atom is -0.488 e. The Kier molecular flexibility index (Phi) is 6.36. The predicted octanol–water partition coefficient (Wildman–Crippen LogP) is 4.08. The van der Waals surface area contributed by atoms with Crippen molar-refractivity contribution in [2.75, 3.05) is 36.5 Å². The molecule has 0 radical (unpaired) electrons. The van der Waals surface area contributed by atoms with Crippen LogP contribution in [0, 0.1) is 0 Å². The minimum absolute atomic E-state index is 0.0109. The summed E-state index contributed by atoms with van der Waals surface area (Å²) in [5, 5.41) is 3.14. The normalized spacial score (nSPS) is 21.4. The van der Waals surface area contributed by atoms with Crippen molar-refractivity contribution >= 4 is 22.7 Å². The maximum absolute atomic E-state index is 12.7. The van der Waals surface area contributed by atoms with E-state index in [0.717, 1.165) is 73.6 Å². The maximum Gasteiger partial charge on any atom is 0.419 e. The van der Waals surface area contributed by atoms with Crippen molar-refractivity contribution in [3.8, 4) is 5.75 Å². The monoisotopic (exact) mass is 474 g/mol. The molecule has 11 heteroatoms. The van der Waals surface area contributed by atoms with E-state index >= 15 is 0 Å². The predicted molar refractivity (Wildman–Crippen MR) is 120 cm³/mol. The summed E-state index contributed by atoms with van der Waals surface area (Å²) in [5.41, 5.74) is 1.71. The van der Waals surface area contributed by atoms with Crippen LogP contribution in [0.4, 0.5) is 24.8 Å². The van der Waals surface area contributed by atoms with Gasteiger partial charge in [-0.05, 0) is 31.7 Å². The van der Waals surface area contributed by atoms with Crippen molar-refractivity contribution in [2.45, 2.75) is 44.0 Å². The molecule has 2 fully saturated rings. The molecule has 1 aliphatic carbocycles. The summed E-state index contributed by atoms with van der Waals surface area (Å²) in [6.45, 7) is 3.00. The smallest absolute Gasteiger partial charge is 0.419 e. The van der Waals surface area contributed by atoms with Gasteiger partial charge in [0.05, 0.1) is 30.4 Å². The summed E-state index contributed by atoms with van der Waals surface area (Å²) in [6, 6.07) is 4.14. The Bertz CT molecular complexity index is 1110. The van der Waals surface area contributed by atoms with Crippen LogP contribution >= 0.6 is 0 Å². The molecule has 0 atom stereocenters. The summed E-state index contributed by atoms with van der Waals surface area (Å²) in [5.74, 6) is 0.923. The van der Waals surface area contributed by atoms with Crippen LogP contribution in [-0.2, 0) is 10.9 Å². The van der Waals surface area contributed by atoms with Crippen molar-refractivity contribution in [3.63, 3.8) is 0 Å². The fourth-order valence-electron chi connectivity index (χ4n) is 4.36. The topological polar surface area (TPSA) is 85.3 Å². The molecule has 34 heavy (non-hydrogen) atoms. The number of halogens is 3. The van der Waals surface area contributed by atoms with Crippen LogP contribution in [0.2, 0.25) is 0 Å². The van der Waals surface area contributed by atoms with Gasteiger partial charge >= 0.3 is 6.18 Å². The molecule has 1 N–H and O–H groups in total. The van der Waals surface area contributed by atoms with Crippen LogP contribution in [0.5, 0.6) is 5.75 Å². The van der Waals surface area contributed by atoms with Crippen LogP contribution in [0.3, 0.4) is 0 Å². The second kappa shape index (κ2) is 9.57. The molecule has 3 heterocycles. The standard InChI is InChI=1S/C23H25F3N6O2/c24-23(25,26)15-13-29-22(30-14-15)31-16-1-3-18(4-2-16)34-20-12-17(32-7-9-33-10-8-32)11-19-21(20)28-6-5-27-19/h5-6,11-14,16,18H,1-4,7-10H2,(H,29,30,31)/t16-,18+. The van der Waals surface area contributed by atoms with Crippen molar-refractivity contribution in [1.82, 2.24) is 19.9 Å². The SMILES string of the molecule is FC(F)(F)c1cnc(N[C@H]2CC[C@@H](Oc3cc(N4CCOCC4)cc4nccnc34)CC2)nc1. The van der Waals surface area contributed by atoms with Gasteiger partial charge in [-0.25, -0.2) is 15.0 Å². The molecule has 180 valence electrons. The molecule has 1 aliphatic heterocycles. The molecule has 5 rings (SSSR count). The number of aromatic nitrogens is 4. The quantitative estimate of drug-likeness (QED) is 0.592. The van der Waals surface area contributed by atoms with Gasteiger partial charge in [0.2, 0.25) is 5.95 Å². The van der Waals surface area contributed by atoms with E-state index in [-0.39, 0.29) is 18.1 Å². The summed E-state index contributed by atoms with van der Waals surface area (Å²) in [4.78, 5) is 18.8. The lowest BCUT2D eigenvalue weighted by Gasteiger charge is -2.31. The number of rotatable bonds is 5. The Balaban J connectivity index is 1.23. The molecule has 8 nitrogen and oxygen atoms in total. The van der Waals surface area contributed by atoms with E-state index in [4.69, 9.17) is 9.47 Å². The number of hydrogen-bond acceptors (Lipinski definition) is 8. The lowest BCUT2D eigenvalue weighted by atomic mass is 9.93. The Hall–Kier alpha value is -3.21. The molecule has 0 unspecified atom stereocenters. The maximum atomic E-state index is 12.7. The van der Waals surface area contributed by atoms with Crippen LogP contribution in [-0.4, -0.2) is 58.4 Å². The number of benzene rings is 1. The highest BCUT2D eigenvalue weighted by atomic mass is 19.4. The zero-order valence-electron chi connectivity index (χ0n) is 18.5. The highest BCUT2D eigenvalue weighted by Gasteiger charge is 2.31. The lowest BCUT2D eigenvalue weighted by Crippen LogP contribution is -2.36. The number of ether oxygens (including phenoxy) is 2. The van der Waals surface area contributed by atoms with Crippen molar-refractivity contribution < 1.29 is 22.6 Å². The molecular weight excluding hydrogens is 449 g/mol. The van der Waals surface area contributed by atoms with Crippen molar-refractivity contribution in [3.05, 3.63) is 42.5 Å². The largest absolute Gasteiger partial charge is 0.488 e. The first-order valence-corrected chi connectivity index (χ1v) is 11.4. The highest BCUT2D eigenvalue weighted by Crippen LogP contribution is 2.33. The van der Waals surface area contributed by atoms with Crippen LogP contribution in [0.15, 0.2) is 36.9 Å². The van der Waals surface area contributed by atoms with E-state index in [1.165, 1.54) is 0 Å². The summed E-state index contributed by atoms with van der Waals surface area (Å²) >= 11 is 0. The third kappa shape index (κ3) is 5.14. The fraction of sp³-hybridized carbons (Fsp3) is 0.478. The Morgan fingerprint density at radius 1 is 0.941 bits per heavy atom. The van der Waals surface area contributed by atoms with E-state index in [2.05, 4.69) is 30.2 Å². The molecule has 0 bridgehead atoms. The zero-order chi connectivity index (χ0) is 23.5. The first kappa shape index (κ1) is 22.6. The van der Waals surface area contributed by atoms with Gasteiger partial charge in [-0.2, -0.15) is 13.2 Å². The number of fused-ring (bicyclic) bond motifs is 1. The summed E-state index contributed by atoms with van der Waals surface area (Å²) in [6.07, 6.45) is 3.69. The molecule has 0 amide bonds. The third-order valence-electron chi connectivity index (χ3n) is 6.18. The minimum atomic E-state index is -4.44. The van der Waals surface area contributed by atoms with Gasteiger partial charge in [0.15, 0.2) is 0 Å². The summed E-state index contributed by atoms with van der Waals surface area (Å²) < 4.78 is 50.0. The van der Waals surface area contributed by atoms with E-state index < -0.39 is 11.7 Å². The third-order valence-corrected chi connectivity index (χ3v) is 6.18. The number of morpholine rings is 1. The zero-order valence-corrected chi connectivity index (χ0v) is 18.5. The van der Waals surface area contributed by atoms with Gasteiger partial charge in [0.25, 0.3) is 0 Å². The van der Waals surface area contributed by atoms with Crippen LogP contribution < -0.4 is 15.0 Å². The van der Waals surface area contributed by atoms with Gasteiger partial charge < -0.3 is 19.7 Å². The van der Waals surface area contributed by atoms with Crippen molar-refractivity contribution in [1.29, 1.82) is 0 Å². The van der Waals surface area contributed by atoms with Gasteiger partial charge in [-0.1, -0.05) is 0 Å². The number of alkyl halides is 3. The number of anilines is 2. The first-order valence-electron chi connectivity index (χ1n) is 11.4. The van der Waals surface area contributed by atoms with Gasteiger partial charge in [0, 0.05) is 55.7 Å². The lowest BCUT2D eigenvalue weighted by molar-refractivity contribution is -0.138. The second-order valence-corrected chi connectivity index (χ2v) is 8.50. The van der Waals surface area contributed by atoms with Gasteiger partial charge in [0.1, 0.15) is 11.3 Å². The fourth-order valence-corrected chi connectivity index (χ4v) is 4.36. The molecule has 1 aromatic carbocycles. The van der Waals surface area contributed by atoms with E-state index in [0.29, 0.717) is 13.2 Å². The Morgan fingerprint density at radius 3 is 2.35 bits per heavy atom. The highest BCUT2D eigenvalue weighted by molar-refractivity contribution is 5.85. The number of nitrogens with zero attached hydrogens (tertiary/aromatic N) is 5. The van der Waals surface area contributed by atoms with E-state index in [9.17, 15) is 13.2 Å². The number of hydrogen-bond donors (Lipinski definition) is 1. The van der Waals surface area contributed by atoms with E-state index in [1.807, 2.05) is 12.1 Å². The summed E-state index contributed by atoms with van der Waals surface area (Å²) in [7, 11) is 0. The Labute approximate surface area is 194 Å². The number of nitrogens with one attached hydrogen (secondary N) is 1. The average Bonchev–Trinajstić information content (AvgIpc) is 2.85. The molecule has 0 spiro atoms. The van der Waals surface area contributed by atoms with Gasteiger partial charge in [-0.3, -0.25) is 4.98 Å². The van der Waals surface area contributed by atoms with Crippen molar-refractivity contribution in [2.24, 2.45) is 0 Å². The molecular formula is C23H25F3N6O2. The second-order valence-electron chi connectivity index (χ2n) is 8.50. The first-order chi connectivity index (χ1) is 16.5. The Morgan fingerprint density at radius 2 is 1.65 bits per heavy atom. The van der Waals surface area contributed by atoms with Crippen LogP contribution in [0.1, 0.15) is 31.2 Å². The molecule has 3 aromatic rings. The van der Waals surface area contributed by atoms with Crippen LogP contribution in [0.25, 0.3) is 11.0 Å². The molecule has 1 saturated heterocycles. The van der Waals surface area contributed by atoms with E-state index in [1.54, 1.807) is 12.4 Å². The molecule has 1 saturated carbocycles.